The second-order valence-corrected chi connectivity index (χ2v) is 14.2. The number of β-amino-alcohol motifs (C(OH)–C–C–N with tert-alkyl or cyclic N) is 1. The summed E-state index contributed by atoms with van der Waals surface area (Å²) in [6.07, 6.45) is 10.5. The highest BCUT2D eigenvalue weighted by Crippen LogP contribution is 2.77. The predicted molar refractivity (Wildman–Crippen MR) is 180 cm³/mol. The summed E-state index contributed by atoms with van der Waals surface area (Å²) in [5, 5.41) is 39.4. The van der Waals surface area contributed by atoms with Gasteiger partial charge in [-0.05, 0) is 88.8 Å². The minimum atomic E-state index is -0.981. The molecule has 2 N–H and O–H groups in total. The lowest BCUT2D eigenvalue weighted by Gasteiger charge is -2.68. The molecule has 6 aliphatic rings. The monoisotopic (exact) mass is 679 g/mol. The normalized spacial score (nSPS) is 31.2. The van der Waals surface area contributed by atoms with Gasteiger partial charge in [0.2, 0.25) is 0 Å². The fraction of sp³-hybridized carbons (Fsp3) is 0.378. The Hall–Kier alpha value is -5.47. The van der Waals surface area contributed by atoms with Gasteiger partial charge in [-0.1, -0.05) is 12.1 Å². The number of carboxylic acids is 1. The number of fused-ring (bicyclic) bond motifs is 1. The van der Waals surface area contributed by atoms with Crippen LogP contribution < -0.4 is 0 Å². The van der Waals surface area contributed by atoms with Gasteiger partial charge < -0.3 is 15.1 Å². The number of likely N-dealkylation sites (tertiary alicyclic amines) is 1. The molecule has 254 valence electrons. The van der Waals surface area contributed by atoms with Gasteiger partial charge >= 0.3 is 5.97 Å². The van der Waals surface area contributed by atoms with Crippen molar-refractivity contribution < 1.29 is 15.0 Å². The second-order valence-electron chi connectivity index (χ2n) is 14.2. The molecule has 1 saturated heterocycles. The maximum atomic E-state index is 11.7. The van der Waals surface area contributed by atoms with Crippen molar-refractivity contribution in [1.29, 1.82) is 0 Å². The van der Waals surface area contributed by atoms with E-state index in [1.807, 2.05) is 24.3 Å². The molecule has 2 bridgehead atoms. The van der Waals surface area contributed by atoms with Crippen LogP contribution in [0.4, 0.5) is 0 Å². The molecule has 6 heterocycles. The number of hydrogen-bond acceptors (Lipinski definition) is 13. The van der Waals surface area contributed by atoms with E-state index in [1.54, 1.807) is 55.4 Å². The first-order valence-electron chi connectivity index (χ1n) is 17.4. The third-order valence-corrected chi connectivity index (χ3v) is 12.1. The van der Waals surface area contributed by atoms with E-state index < -0.39 is 5.97 Å². The molecule has 51 heavy (non-hydrogen) atoms. The number of hydrogen-bond donors (Lipinski definition) is 2. The molecule has 10 atom stereocenters. The van der Waals surface area contributed by atoms with Crippen LogP contribution in [0.1, 0.15) is 57.1 Å². The Morgan fingerprint density at radius 3 is 1.67 bits per heavy atom. The molecule has 14 heteroatoms. The van der Waals surface area contributed by atoms with Crippen molar-refractivity contribution in [3.05, 3.63) is 108 Å². The Labute approximate surface area is 292 Å². The quantitative estimate of drug-likeness (QED) is 0.252. The summed E-state index contributed by atoms with van der Waals surface area (Å²) in [5.41, 5.74) is 4.68. The average molecular weight is 680 g/mol. The molecule has 2 aliphatic heterocycles. The molecule has 0 radical (unpaired) electrons. The number of azo groups is 1. The first-order chi connectivity index (χ1) is 25.1. The minimum Gasteiger partial charge on any atom is -0.478 e. The van der Waals surface area contributed by atoms with Crippen LogP contribution in [0.3, 0.4) is 0 Å². The summed E-state index contributed by atoms with van der Waals surface area (Å²) >= 11 is 0. The molecule has 1 aromatic carbocycles. The molecule has 4 aliphatic carbocycles. The van der Waals surface area contributed by atoms with E-state index in [1.165, 1.54) is 0 Å². The Balaban J connectivity index is 1.21. The number of aromatic carboxylic acids is 1. The number of rotatable bonds is 7. The first-order valence-corrected chi connectivity index (χ1v) is 17.4. The summed E-state index contributed by atoms with van der Waals surface area (Å²) in [6.45, 7) is 2.46. The van der Waals surface area contributed by atoms with E-state index in [0.717, 1.165) is 35.5 Å². The lowest BCUT2D eigenvalue weighted by Crippen LogP contribution is -2.63. The van der Waals surface area contributed by atoms with E-state index in [0.29, 0.717) is 41.5 Å². The smallest absolute Gasteiger partial charge is 0.335 e. The standard InChI is InChI=1S/C37H33N11O3/c49-15-14-48-16-20-21(17-48)23-25-24(22(20)26-27(23)32(35-40-10-2-11-41-35)47-46-31(26)34-38-8-1-9-39-34)28-29(25)33(36-42-12-3-13-43-36)45-44-30(28)18-4-6-19(7-5-18)37(50)51/h1-13,20-27,31-32,49H,14-17H2,(H,50,51). The van der Waals surface area contributed by atoms with Crippen LogP contribution in [0.25, 0.3) is 22.8 Å². The first kappa shape index (κ1) is 30.4. The van der Waals surface area contributed by atoms with Crippen LogP contribution in [0.5, 0.6) is 0 Å². The van der Waals surface area contributed by atoms with Crippen molar-refractivity contribution in [1.82, 2.24) is 45.0 Å². The number of carbonyl (C=O) groups is 1. The van der Waals surface area contributed by atoms with Crippen LogP contribution in [0.15, 0.2) is 89.9 Å². The van der Waals surface area contributed by atoms with Crippen molar-refractivity contribution in [3.8, 4) is 22.8 Å². The summed E-state index contributed by atoms with van der Waals surface area (Å²) < 4.78 is 0. The van der Waals surface area contributed by atoms with Crippen molar-refractivity contribution in [2.75, 3.05) is 26.2 Å². The fourth-order valence-corrected chi connectivity index (χ4v) is 10.5. The number of benzene rings is 1. The van der Waals surface area contributed by atoms with Crippen LogP contribution in [0.2, 0.25) is 0 Å². The number of nitrogens with zero attached hydrogens (tertiary/aromatic N) is 11. The van der Waals surface area contributed by atoms with E-state index in [9.17, 15) is 15.0 Å². The van der Waals surface area contributed by atoms with Gasteiger partial charge in [-0.25, -0.2) is 34.7 Å². The summed E-state index contributed by atoms with van der Waals surface area (Å²) in [7, 11) is 0. The molecule has 10 unspecified atom stereocenters. The predicted octanol–water partition coefficient (Wildman–Crippen LogP) is 4.04. The molecule has 0 amide bonds. The molecular formula is C37H33N11O3. The maximum absolute atomic E-state index is 11.7. The van der Waals surface area contributed by atoms with Crippen LogP contribution in [0, 0.1) is 35.5 Å². The molecule has 4 aromatic heterocycles. The topological polar surface area (TPSA) is 189 Å². The summed E-state index contributed by atoms with van der Waals surface area (Å²) in [5.74, 6) is 2.04. The zero-order valence-electron chi connectivity index (χ0n) is 27.3. The number of aliphatic hydroxyl groups excluding tert-OH is 1. The van der Waals surface area contributed by atoms with Gasteiger partial charge in [0.1, 0.15) is 17.8 Å². The SMILES string of the molecule is O=C(O)c1ccc(-c2nnc(-c3ncccn3)c3c2C2C3C3C4CN(CCO)CC4C2C2C(c4ncccn4)N=NC(c4ncccn4)C32)cc1. The molecule has 11 rings (SSSR count). The van der Waals surface area contributed by atoms with Gasteiger partial charge in [0.25, 0.3) is 0 Å². The van der Waals surface area contributed by atoms with Crippen molar-refractivity contribution >= 4 is 5.97 Å². The number of aliphatic hydroxyl groups is 1. The highest BCUT2D eigenvalue weighted by atomic mass is 16.4. The number of carboxylic acid groups (broad SMARTS) is 1. The zero-order valence-corrected chi connectivity index (χ0v) is 27.3. The fourth-order valence-electron chi connectivity index (χ4n) is 10.5. The Morgan fingerprint density at radius 1 is 0.667 bits per heavy atom. The summed E-state index contributed by atoms with van der Waals surface area (Å²) in [4.78, 5) is 42.3. The minimum absolute atomic E-state index is 0.0280. The summed E-state index contributed by atoms with van der Waals surface area (Å²) in [6, 6.07) is 11.6. The van der Waals surface area contributed by atoms with Gasteiger partial charge in [0.05, 0.1) is 17.9 Å². The second kappa shape index (κ2) is 11.8. The third-order valence-electron chi connectivity index (χ3n) is 12.1. The Bertz CT molecular complexity index is 2140. The molecule has 0 spiro atoms. The van der Waals surface area contributed by atoms with Gasteiger partial charge in [-0.15, -0.1) is 10.2 Å². The van der Waals surface area contributed by atoms with E-state index in [-0.39, 0.29) is 59.8 Å². The van der Waals surface area contributed by atoms with Gasteiger partial charge in [0.15, 0.2) is 17.5 Å². The molecular weight excluding hydrogens is 646 g/mol. The molecule has 5 aromatic rings. The van der Waals surface area contributed by atoms with E-state index >= 15 is 0 Å². The highest BCUT2D eigenvalue weighted by molar-refractivity contribution is 5.88. The lowest BCUT2D eigenvalue weighted by molar-refractivity contribution is -0.126. The molecule has 4 fully saturated rings. The Kier molecular flexibility index (Phi) is 7.03. The Morgan fingerprint density at radius 2 is 1.16 bits per heavy atom. The largest absolute Gasteiger partial charge is 0.478 e. The molecule has 3 saturated carbocycles. The zero-order chi connectivity index (χ0) is 34.2. The van der Waals surface area contributed by atoms with E-state index in [2.05, 4.69) is 14.9 Å². The van der Waals surface area contributed by atoms with Crippen molar-refractivity contribution in [2.45, 2.75) is 23.9 Å². The van der Waals surface area contributed by atoms with Crippen molar-refractivity contribution in [3.63, 3.8) is 0 Å². The number of aromatic nitrogens is 8. The van der Waals surface area contributed by atoms with Gasteiger partial charge in [0, 0.05) is 62.4 Å². The third kappa shape index (κ3) is 4.52. The van der Waals surface area contributed by atoms with Crippen LogP contribution in [-0.2, 0) is 0 Å². The molecule has 14 nitrogen and oxygen atoms in total. The van der Waals surface area contributed by atoms with Crippen molar-refractivity contribution in [2.24, 2.45) is 45.7 Å². The van der Waals surface area contributed by atoms with Gasteiger partial charge in [-0.3, -0.25) is 0 Å². The van der Waals surface area contributed by atoms with Crippen LogP contribution in [-0.4, -0.2) is 87.4 Å². The lowest BCUT2D eigenvalue weighted by atomic mass is 9.36. The average Bonchev–Trinajstić information content (AvgIpc) is 3.61. The van der Waals surface area contributed by atoms with E-state index in [4.69, 9.17) is 40.4 Å². The maximum Gasteiger partial charge on any atom is 0.335 e. The van der Waals surface area contributed by atoms with Crippen LogP contribution >= 0.6 is 0 Å². The van der Waals surface area contributed by atoms with Gasteiger partial charge in [-0.2, -0.15) is 10.2 Å². The highest BCUT2D eigenvalue weighted by Gasteiger charge is 2.72.